The monoisotopic (exact) mass is 565 g/mol. The lowest BCUT2D eigenvalue weighted by Crippen LogP contribution is -2.55. The normalized spacial score (nSPS) is 17.9. The van der Waals surface area contributed by atoms with Crippen molar-refractivity contribution >= 4 is 34.7 Å². The molecule has 0 aliphatic heterocycles. The van der Waals surface area contributed by atoms with Gasteiger partial charge in [-0.3, -0.25) is 24.6 Å². The van der Waals surface area contributed by atoms with Crippen molar-refractivity contribution < 1.29 is 34.2 Å². The summed E-state index contributed by atoms with van der Waals surface area (Å²) in [6.45, 7) is 3.79. The first-order chi connectivity index (χ1) is 19.5. The van der Waals surface area contributed by atoms with Crippen LogP contribution in [-0.4, -0.2) is 50.7 Å². The number of nitrogens with one attached hydrogen (secondary N) is 3. The summed E-state index contributed by atoms with van der Waals surface area (Å²) < 4.78 is 6.00. The van der Waals surface area contributed by atoms with Gasteiger partial charge >= 0.3 is 6.09 Å². The number of rotatable bonds is 8. The molecular formula is C29H35N5O7. The second kappa shape index (κ2) is 14.1. The van der Waals surface area contributed by atoms with E-state index >= 15 is 0 Å². The largest absolute Gasteiger partial charge is 0.489 e. The first-order valence-corrected chi connectivity index (χ1v) is 13.1. The summed E-state index contributed by atoms with van der Waals surface area (Å²) >= 11 is 0. The summed E-state index contributed by atoms with van der Waals surface area (Å²) in [6.07, 6.45) is 0.848. The van der Waals surface area contributed by atoms with Gasteiger partial charge in [0.15, 0.2) is 0 Å². The second-order valence-corrected chi connectivity index (χ2v) is 10.0. The highest BCUT2D eigenvalue weighted by molar-refractivity contribution is 5.95. The zero-order chi connectivity index (χ0) is 30.0. The number of primary amides is 1. The zero-order valence-corrected chi connectivity index (χ0v) is 23.0. The van der Waals surface area contributed by atoms with E-state index in [9.17, 15) is 14.4 Å². The molecule has 1 aliphatic rings. The van der Waals surface area contributed by atoms with E-state index in [1.807, 2.05) is 37.3 Å². The lowest BCUT2D eigenvalue weighted by molar-refractivity contribution is -0.131. The van der Waals surface area contributed by atoms with Crippen LogP contribution in [0, 0.1) is 6.92 Å². The van der Waals surface area contributed by atoms with E-state index < -0.39 is 17.5 Å². The fourth-order valence-electron chi connectivity index (χ4n) is 4.99. The van der Waals surface area contributed by atoms with Gasteiger partial charge < -0.3 is 26.2 Å². The van der Waals surface area contributed by atoms with Gasteiger partial charge in [0.05, 0.1) is 11.9 Å². The van der Waals surface area contributed by atoms with E-state index in [0.29, 0.717) is 43.6 Å². The van der Waals surface area contributed by atoms with Gasteiger partial charge in [-0.05, 0) is 69.0 Å². The van der Waals surface area contributed by atoms with Gasteiger partial charge in [-0.25, -0.2) is 10.3 Å². The van der Waals surface area contributed by atoms with E-state index in [1.165, 1.54) is 6.92 Å². The van der Waals surface area contributed by atoms with Gasteiger partial charge in [0.1, 0.15) is 12.4 Å². The number of hydrogen-bond donors (Lipinski definition) is 6. The maximum Gasteiger partial charge on any atom is 0.402 e. The molecule has 2 aromatic carbocycles. The van der Waals surface area contributed by atoms with Crippen molar-refractivity contribution in [2.45, 2.75) is 64.1 Å². The molecule has 12 heteroatoms. The molecule has 0 bridgehead atoms. The third kappa shape index (κ3) is 9.17. The summed E-state index contributed by atoms with van der Waals surface area (Å²) in [7, 11) is 0. The maximum absolute atomic E-state index is 13.1. The van der Waals surface area contributed by atoms with E-state index in [0.717, 1.165) is 22.2 Å². The molecule has 4 amide bonds. The van der Waals surface area contributed by atoms with Gasteiger partial charge in [0.2, 0.25) is 11.8 Å². The Labute approximate surface area is 237 Å². The molecule has 1 aromatic heterocycles. The van der Waals surface area contributed by atoms with Gasteiger partial charge in [-0.15, -0.1) is 0 Å². The third-order valence-electron chi connectivity index (χ3n) is 6.79. The summed E-state index contributed by atoms with van der Waals surface area (Å²) in [5.74, 6) is -0.364. The van der Waals surface area contributed by atoms with E-state index in [-0.39, 0.29) is 24.3 Å². The topological polar surface area (TPSA) is 193 Å². The summed E-state index contributed by atoms with van der Waals surface area (Å²) in [6, 6.07) is 16.8. The first-order valence-electron chi connectivity index (χ1n) is 13.1. The fourth-order valence-corrected chi connectivity index (χ4v) is 4.99. The van der Waals surface area contributed by atoms with E-state index in [2.05, 4.69) is 21.4 Å². The summed E-state index contributed by atoms with van der Waals surface area (Å²) in [5.41, 5.74) is 8.18. The maximum atomic E-state index is 13.1. The van der Waals surface area contributed by atoms with Gasteiger partial charge in [-0.2, -0.15) is 0 Å². The van der Waals surface area contributed by atoms with Gasteiger partial charge in [0, 0.05) is 40.7 Å². The second-order valence-electron chi connectivity index (χ2n) is 10.0. The molecular weight excluding hydrogens is 530 g/mol. The minimum absolute atomic E-state index is 0.00236. The predicted octanol–water partition coefficient (Wildman–Crippen LogP) is 3.19. The lowest BCUT2D eigenvalue weighted by atomic mass is 9.76. The highest BCUT2D eigenvalue weighted by atomic mass is 16.5. The molecule has 1 saturated carbocycles. The van der Waals surface area contributed by atoms with Crippen LogP contribution in [-0.2, 0) is 16.2 Å². The Morgan fingerprint density at radius 3 is 2.32 bits per heavy atom. The van der Waals surface area contributed by atoms with Crippen molar-refractivity contribution in [1.29, 1.82) is 0 Å². The number of carbonyl (C=O) groups excluding carboxylic acids is 3. The van der Waals surface area contributed by atoms with Crippen LogP contribution in [0.2, 0.25) is 0 Å². The molecule has 1 aliphatic carbocycles. The van der Waals surface area contributed by atoms with Crippen LogP contribution in [0.15, 0.2) is 54.6 Å². The number of carbonyl (C=O) groups is 4. The minimum Gasteiger partial charge on any atom is -0.489 e. The number of aryl methyl sites for hydroxylation is 1. The number of amides is 4. The van der Waals surface area contributed by atoms with Crippen molar-refractivity contribution in [1.82, 2.24) is 21.1 Å². The van der Waals surface area contributed by atoms with Crippen LogP contribution in [0.4, 0.5) is 4.79 Å². The number of fused-ring (bicyclic) bond motifs is 1. The Hall–Kier alpha value is -4.71. The smallest absolute Gasteiger partial charge is 0.402 e. The Balaban J connectivity index is 0.00000108. The van der Waals surface area contributed by atoms with Crippen LogP contribution >= 0.6 is 0 Å². The SMILES string of the molecule is CC(=O)N[C@H]1CC[C@@](CC(=O)NO)(NC(=O)c2ccc(OCc3cc(C)nc4ccccc34)cc2)CC1.NC(=O)O. The molecule has 7 N–H and O–H groups in total. The molecule has 12 nitrogen and oxygen atoms in total. The standard InChI is InChI=1S/C28H32N4O5.CH3NO2/c1-18-15-21(24-5-3-4-6-25(24)29-18)17-37-23-9-7-20(8-10-23)27(35)31-28(16-26(34)32-36)13-11-22(12-14-28)30-19(2)33;2-1(3)4/h3-10,15,22,36H,11-14,16-17H2,1-2H3,(H,30,33)(H,31,35)(H,32,34);2H2,(H,3,4)/t22-,28+;. The van der Waals surface area contributed by atoms with Crippen molar-refractivity contribution in [2.75, 3.05) is 0 Å². The van der Waals surface area contributed by atoms with Gasteiger partial charge in [0.25, 0.3) is 5.91 Å². The first kappa shape index (κ1) is 30.8. The zero-order valence-electron chi connectivity index (χ0n) is 23.0. The summed E-state index contributed by atoms with van der Waals surface area (Å²) in [4.78, 5) is 49.8. The average molecular weight is 566 g/mol. The molecule has 0 atom stereocenters. The van der Waals surface area contributed by atoms with Crippen LogP contribution in [0.1, 0.15) is 60.6 Å². The molecule has 0 unspecified atom stereocenters. The highest BCUT2D eigenvalue weighted by Gasteiger charge is 2.39. The summed E-state index contributed by atoms with van der Waals surface area (Å²) in [5, 5.41) is 23.2. The van der Waals surface area contributed by atoms with Crippen molar-refractivity contribution in [2.24, 2.45) is 5.73 Å². The number of para-hydroxylation sites is 1. The number of carboxylic acid groups (broad SMARTS) is 1. The number of pyridine rings is 1. The van der Waals surface area contributed by atoms with Crippen LogP contribution in [0.3, 0.4) is 0 Å². The molecule has 41 heavy (non-hydrogen) atoms. The molecule has 3 aromatic rings. The number of nitrogens with two attached hydrogens (primary N) is 1. The Morgan fingerprint density at radius 2 is 1.71 bits per heavy atom. The molecule has 0 radical (unpaired) electrons. The van der Waals surface area contributed by atoms with E-state index in [1.54, 1.807) is 29.7 Å². The third-order valence-corrected chi connectivity index (χ3v) is 6.79. The van der Waals surface area contributed by atoms with Crippen molar-refractivity contribution in [3.8, 4) is 5.75 Å². The van der Waals surface area contributed by atoms with E-state index in [4.69, 9.17) is 19.8 Å². The minimum atomic E-state index is -1.33. The lowest BCUT2D eigenvalue weighted by Gasteiger charge is -2.40. The van der Waals surface area contributed by atoms with Crippen molar-refractivity contribution in [3.63, 3.8) is 0 Å². The molecule has 0 saturated heterocycles. The molecule has 0 spiro atoms. The van der Waals surface area contributed by atoms with Crippen molar-refractivity contribution in [3.05, 3.63) is 71.4 Å². The number of hydroxylamine groups is 1. The predicted molar refractivity (Wildman–Crippen MR) is 150 cm³/mol. The van der Waals surface area contributed by atoms with Crippen LogP contribution in [0.25, 0.3) is 10.9 Å². The Morgan fingerprint density at radius 1 is 1.07 bits per heavy atom. The molecule has 1 heterocycles. The number of ether oxygens (including phenoxy) is 1. The van der Waals surface area contributed by atoms with Gasteiger partial charge in [-0.1, -0.05) is 18.2 Å². The Kier molecular flexibility index (Phi) is 10.6. The molecule has 1 fully saturated rings. The molecule has 218 valence electrons. The number of hydrogen-bond acceptors (Lipinski definition) is 7. The highest BCUT2D eigenvalue weighted by Crippen LogP contribution is 2.32. The van der Waals surface area contributed by atoms with Crippen LogP contribution < -0.4 is 26.6 Å². The average Bonchev–Trinajstić information content (AvgIpc) is 2.92. The quantitative estimate of drug-likeness (QED) is 0.177. The number of nitrogens with zero attached hydrogens (tertiary/aromatic N) is 1. The number of aromatic nitrogens is 1. The molecule has 4 rings (SSSR count). The fraction of sp³-hybridized carbons (Fsp3) is 0.345. The Bertz CT molecular complexity index is 1380. The number of benzene rings is 2. The van der Waals surface area contributed by atoms with Crippen LogP contribution in [0.5, 0.6) is 5.75 Å².